The quantitative estimate of drug-likeness (QED) is 0.644. The minimum atomic E-state index is -0.694. The molecule has 3 amide bonds. The molecule has 0 unspecified atom stereocenters. The van der Waals surface area contributed by atoms with Gasteiger partial charge < -0.3 is 25.2 Å². The van der Waals surface area contributed by atoms with Crippen molar-refractivity contribution in [3.8, 4) is 0 Å². The van der Waals surface area contributed by atoms with Crippen LogP contribution in [0.1, 0.15) is 17.5 Å². The summed E-state index contributed by atoms with van der Waals surface area (Å²) in [6, 6.07) is 9.20. The van der Waals surface area contributed by atoms with Crippen LogP contribution in [0.15, 0.2) is 40.9 Å². The van der Waals surface area contributed by atoms with Gasteiger partial charge in [-0.2, -0.15) is 0 Å². The number of methoxy groups -OCH3 is 1. The molecule has 1 saturated heterocycles. The van der Waals surface area contributed by atoms with Crippen molar-refractivity contribution in [2.75, 3.05) is 44.4 Å². The van der Waals surface area contributed by atoms with Gasteiger partial charge in [0.15, 0.2) is 0 Å². The van der Waals surface area contributed by atoms with Gasteiger partial charge in [0.25, 0.3) is 0 Å². The van der Waals surface area contributed by atoms with Crippen LogP contribution in [0, 0.1) is 5.82 Å². The predicted octanol–water partition coefficient (Wildman–Crippen LogP) is 3.88. The molecule has 4 rings (SSSR count). The molecule has 7 nitrogen and oxygen atoms in total. The maximum Gasteiger partial charge on any atom is 0.322 e. The van der Waals surface area contributed by atoms with Crippen molar-refractivity contribution in [3.05, 3.63) is 57.8 Å². The van der Waals surface area contributed by atoms with Gasteiger partial charge in [-0.25, -0.2) is 9.18 Å². The molecule has 0 spiro atoms. The molecule has 0 aliphatic carbocycles. The number of benzene rings is 2. The molecule has 1 fully saturated rings. The van der Waals surface area contributed by atoms with E-state index in [1.54, 1.807) is 13.2 Å². The highest BCUT2D eigenvalue weighted by molar-refractivity contribution is 9.10. The van der Waals surface area contributed by atoms with E-state index in [9.17, 15) is 14.0 Å². The number of rotatable bonds is 4. The SMILES string of the molecule is CO[C@@H]1C[C@H](C(=O)Nc2ccc3c(c2)CCN(C)CC3)N(C(=O)Nc2ccc(Br)c(F)c2)C1. The Morgan fingerprint density at radius 2 is 1.76 bits per heavy atom. The average molecular weight is 519 g/mol. The number of anilines is 2. The second-order valence-electron chi connectivity index (χ2n) is 8.60. The third kappa shape index (κ3) is 5.54. The third-order valence-corrected chi connectivity index (χ3v) is 6.97. The highest BCUT2D eigenvalue weighted by Gasteiger charge is 2.40. The predicted molar refractivity (Wildman–Crippen MR) is 129 cm³/mol. The Balaban J connectivity index is 1.47. The lowest BCUT2D eigenvalue weighted by atomic mass is 10.0. The topological polar surface area (TPSA) is 73.9 Å². The molecule has 2 aliphatic heterocycles. The fourth-order valence-electron chi connectivity index (χ4n) is 4.35. The lowest BCUT2D eigenvalue weighted by Gasteiger charge is -2.24. The Morgan fingerprint density at radius 1 is 1.06 bits per heavy atom. The Morgan fingerprint density at radius 3 is 2.48 bits per heavy atom. The zero-order valence-electron chi connectivity index (χ0n) is 18.7. The van der Waals surface area contributed by atoms with Crippen LogP contribution < -0.4 is 10.6 Å². The zero-order valence-corrected chi connectivity index (χ0v) is 20.3. The number of fused-ring (bicyclic) bond motifs is 1. The van der Waals surface area contributed by atoms with Crippen LogP contribution in [0.2, 0.25) is 0 Å². The van der Waals surface area contributed by atoms with Gasteiger partial charge in [-0.3, -0.25) is 4.79 Å². The van der Waals surface area contributed by atoms with Crippen LogP contribution in [0.3, 0.4) is 0 Å². The molecular weight excluding hydrogens is 491 g/mol. The fraction of sp³-hybridized carbons (Fsp3) is 0.417. The number of likely N-dealkylation sites (N-methyl/N-ethyl adjacent to an activating group) is 1. The summed E-state index contributed by atoms with van der Waals surface area (Å²) in [5, 5.41) is 5.66. The number of amides is 3. The lowest BCUT2D eigenvalue weighted by molar-refractivity contribution is -0.119. The Kier molecular flexibility index (Phi) is 7.31. The molecule has 176 valence electrons. The first-order valence-corrected chi connectivity index (χ1v) is 11.8. The van der Waals surface area contributed by atoms with Gasteiger partial charge in [0.2, 0.25) is 5.91 Å². The molecule has 2 heterocycles. The molecule has 2 aromatic carbocycles. The van der Waals surface area contributed by atoms with E-state index < -0.39 is 17.9 Å². The Hall–Kier alpha value is -2.49. The standard InChI is InChI=1S/C24H28BrFN4O3/c1-29-9-7-15-3-4-17(11-16(15)8-10-29)27-23(31)22-13-19(33-2)14-30(22)24(32)28-18-5-6-20(25)21(26)12-18/h3-6,11-12,19,22H,7-10,13-14H2,1-2H3,(H,27,31)(H,28,32)/t19-,22-/m1/s1. The average Bonchev–Trinajstić information content (AvgIpc) is 3.16. The van der Waals surface area contributed by atoms with Crippen LogP contribution >= 0.6 is 15.9 Å². The van der Waals surface area contributed by atoms with Crippen LogP contribution in [0.4, 0.5) is 20.6 Å². The molecule has 33 heavy (non-hydrogen) atoms. The number of carbonyl (C=O) groups is 2. The monoisotopic (exact) mass is 518 g/mol. The number of hydrogen-bond donors (Lipinski definition) is 2. The van der Waals surface area contributed by atoms with Gasteiger partial charge in [0.05, 0.1) is 10.6 Å². The molecule has 2 aliphatic rings. The molecule has 0 aromatic heterocycles. The van der Waals surface area contributed by atoms with Gasteiger partial charge in [-0.15, -0.1) is 0 Å². The maximum atomic E-state index is 13.8. The number of likely N-dealkylation sites (tertiary alicyclic amines) is 1. The van der Waals surface area contributed by atoms with Crippen molar-refractivity contribution in [3.63, 3.8) is 0 Å². The number of urea groups is 1. The van der Waals surface area contributed by atoms with E-state index >= 15 is 0 Å². The second kappa shape index (κ2) is 10.2. The van der Waals surface area contributed by atoms with Crippen LogP contribution in [-0.2, 0) is 22.4 Å². The Bertz CT molecular complexity index is 1050. The molecule has 2 aromatic rings. The van der Waals surface area contributed by atoms with Crippen molar-refractivity contribution in [2.24, 2.45) is 0 Å². The molecule has 0 bridgehead atoms. The van der Waals surface area contributed by atoms with Crippen molar-refractivity contribution in [2.45, 2.75) is 31.4 Å². The number of ether oxygens (including phenoxy) is 1. The largest absolute Gasteiger partial charge is 0.380 e. The first-order chi connectivity index (χ1) is 15.8. The maximum absolute atomic E-state index is 13.8. The minimum Gasteiger partial charge on any atom is -0.380 e. The summed E-state index contributed by atoms with van der Waals surface area (Å²) >= 11 is 3.10. The summed E-state index contributed by atoms with van der Waals surface area (Å²) in [5.74, 6) is -0.745. The molecule has 0 saturated carbocycles. The van der Waals surface area contributed by atoms with Crippen molar-refractivity contribution in [1.29, 1.82) is 0 Å². The van der Waals surface area contributed by atoms with Gasteiger partial charge in [-0.1, -0.05) is 6.07 Å². The van der Waals surface area contributed by atoms with E-state index in [0.29, 0.717) is 16.6 Å². The van der Waals surface area contributed by atoms with Gasteiger partial charge in [-0.05, 0) is 77.3 Å². The van der Waals surface area contributed by atoms with E-state index in [1.807, 2.05) is 12.1 Å². The molecule has 9 heteroatoms. The summed E-state index contributed by atoms with van der Waals surface area (Å²) in [6.45, 7) is 2.27. The summed E-state index contributed by atoms with van der Waals surface area (Å²) in [6.07, 6.45) is 2.06. The van der Waals surface area contributed by atoms with Crippen molar-refractivity contribution < 1.29 is 18.7 Å². The number of halogens is 2. The number of nitrogens with zero attached hydrogens (tertiary/aromatic N) is 2. The van der Waals surface area contributed by atoms with E-state index in [4.69, 9.17) is 4.74 Å². The highest BCUT2D eigenvalue weighted by Crippen LogP contribution is 2.26. The molecule has 2 atom stereocenters. The zero-order chi connectivity index (χ0) is 23.5. The van der Waals surface area contributed by atoms with Crippen molar-refractivity contribution >= 4 is 39.2 Å². The smallest absolute Gasteiger partial charge is 0.322 e. The minimum absolute atomic E-state index is 0.254. The van der Waals surface area contributed by atoms with Gasteiger partial charge in [0, 0.05) is 44.5 Å². The van der Waals surface area contributed by atoms with Crippen LogP contribution in [0.5, 0.6) is 0 Å². The summed E-state index contributed by atoms with van der Waals surface area (Å²) < 4.78 is 19.6. The molecule has 0 radical (unpaired) electrons. The van der Waals surface area contributed by atoms with E-state index in [0.717, 1.165) is 31.6 Å². The number of carbonyl (C=O) groups excluding carboxylic acids is 2. The highest BCUT2D eigenvalue weighted by atomic mass is 79.9. The van der Waals surface area contributed by atoms with E-state index in [2.05, 4.69) is 44.6 Å². The Labute approximate surface area is 201 Å². The summed E-state index contributed by atoms with van der Waals surface area (Å²) in [5.41, 5.74) is 3.58. The molecule has 2 N–H and O–H groups in total. The second-order valence-corrected chi connectivity index (χ2v) is 9.45. The summed E-state index contributed by atoms with van der Waals surface area (Å²) in [7, 11) is 3.68. The lowest BCUT2D eigenvalue weighted by Crippen LogP contribution is -2.45. The van der Waals surface area contributed by atoms with E-state index in [1.165, 1.54) is 28.2 Å². The summed E-state index contributed by atoms with van der Waals surface area (Å²) in [4.78, 5) is 29.9. The first-order valence-electron chi connectivity index (χ1n) is 11.0. The normalized spacial score (nSPS) is 20.8. The molecular formula is C24H28BrFN4O3. The van der Waals surface area contributed by atoms with Gasteiger partial charge >= 0.3 is 6.03 Å². The fourth-order valence-corrected chi connectivity index (χ4v) is 4.60. The van der Waals surface area contributed by atoms with Crippen LogP contribution in [0.25, 0.3) is 0 Å². The number of hydrogen-bond acceptors (Lipinski definition) is 4. The first kappa shape index (κ1) is 23.7. The van der Waals surface area contributed by atoms with Gasteiger partial charge in [0.1, 0.15) is 11.9 Å². The van der Waals surface area contributed by atoms with E-state index in [-0.39, 0.29) is 18.6 Å². The number of nitrogens with one attached hydrogen (secondary N) is 2. The third-order valence-electron chi connectivity index (χ3n) is 6.33. The van der Waals surface area contributed by atoms with Crippen molar-refractivity contribution in [1.82, 2.24) is 9.80 Å². The van der Waals surface area contributed by atoms with Crippen LogP contribution in [-0.4, -0.2) is 67.7 Å².